The smallest absolute Gasteiger partial charge is 0.309 e. The van der Waals surface area contributed by atoms with Gasteiger partial charge in [0.15, 0.2) is 0 Å². The standard InChI is InChI=1S/C13H20O3/c14-13(15)10-7-11(8-3-1-2-4-8)16-12(10)9-5-6-9/h8-12H,1-7H2,(H,14,15). The third kappa shape index (κ3) is 1.86. The molecule has 0 aromatic carbocycles. The fourth-order valence-corrected chi connectivity index (χ4v) is 3.48. The van der Waals surface area contributed by atoms with Crippen molar-refractivity contribution in [3.05, 3.63) is 0 Å². The molecule has 3 rings (SSSR count). The molecule has 3 heteroatoms. The summed E-state index contributed by atoms with van der Waals surface area (Å²) in [6.07, 6.45) is 8.48. The van der Waals surface area contributed by atoms with E-state index in [2.05, 4.69) is 0 Å². The SMILES string of the molecule is O=C(O)C1CC(C2CCCC2)OC1C1CC1. The van der Waals surface area contributed by atoms with Crippen molar-refractivity contribution < 1.29 is 14.6 Å². The zero-order chi connectivity index (χ0) is 11.1. The maximum absolute atomic E-state index is 11.2. The third-order valence-electron chi connectivity index (χ3n) is 4.54. The number of carbonyl (C=O) groups is 1. The summed E-state index contributed by atoms with van der Waals surface area (Å²) in [7, 11) is 0. The first-order valence-electron chi connectivity index (χ1n) is 6.64. The molecule has 90 valence electrons. The lowest BCUT2D eigenvalue weighted by molar-refractivity contribution is -0.144. The van der Waals surface area contributed by atoms with Crippen LogP contribution in [-0.2, 0) is 9.53 Å². The minimum atomic E-state index is -0.641. The summed E-state index contributed by atoms with van der Waals surface area (Å²) in [4.78, 5) is 11.2. The molecule has 0 bridgehead atoms. The van der Waals surface area contributed by atoms with Crippen LogP contribution in [0.1, 0.15) is 44.9 Å². The molecular formula is C13H20O3. The first-order valence-corrected chi connectivity index (χ1v) is 6.64. The molecule has 1 heterocycles. The van der Waals surface area contributed by atoms with Crippen LogP contribution in [0.3, 0.4) is 0 Å². The van der Waals surface area contributed by atoms with Gasteiger partial charge in [-0.1, -0.05) is 12.8 Å². The Morgan fingerprint density at radius 1 is 1.06 bits per heavy atom. The molecule has 2 saturated carbocycles. The molecule has 3 atom stereocenters. The molecule has 0 aromatic rings. The normalized spacial score (nSPS) is 40.4. The lowest BCUT2D eigenvalue weighted by atomic mass is 9.91. The van der Waals surface area contributed by atoms with Crippen LogP contribution in [-0.4, -0.2) is 23.3 Å². The van der Waals surface area contributed by atoms with E-state index in [1.165, 1.54) is 38.5 Å². The third-order valence-corrected chi connectivity index (χ3v) is 4.54. The second-order valence-electron chi connectivity index (χ2n) is 5.70. The number of aliphatic carboxylic acids is 1. The van der Waals surface area contributed by atoms with Crippen LogP contribution in [0.25, 0.3) is 0 Å². The summed E-state index contributed by atoms with van der Waals surface area (Å²) < 4.78 is 6.06. The zero-order valence-corrected chi connectivity index (χ0v) is 9.60. The molecule has 3 nitrogen and oxygen atoms in total. The average molecular weight is 224 g/mol. The fraction of sp³-hybridized carbons (Fsp3) is 0.923. The molecule has 0 radical (unpaired) electrons. The molecule has 0 amide bonds. The monoisotopic (exact) mass is 224 g/mol. The quantitative estimate of drug-likeness (QED) is 0.801. The van der Waals surface area contributed by atoms with E-state index in [1.807, 2.05) is 0 Å². The zero-order valence-electron chi connectivity index (χ0n) is 9.60. The number of carboxylic acid groups (broad SMARTS) is 1. The number of carboxylic acids is 1. The van der Waals surface area contributed by atoms with Gasteiger partial charge in [-0.3, -0.25) is 4.79 Å². The Morgan fingerprint density at radius 2 is 1.75 bits per heavy atom. The topological polar surface area (TPSA) is 46.5 Å². The van der Waals surface area contributed by atoms with Gasteiger partial charge in [0.1, 0.15) is 0 Å². The van der Waals surface area contributed by atoms with Crippen molar-refractivity contribution in [2.24, 2.45) is 17.8 Å². The average Bonchev–Trinajstić information content (AvgIpc) is 2.83. The van der Waals surface area contributed by atoms with Gasteiger partial charge < -0.3 is 9.84 Å². The highest BCUT2D eigenvalue weighted by molar-refractivity contribution is 5.71. The van der Waals surface area contributed by atoms with Crippen LogP contribution in [0.15, 0.2) is 0 Å². The Bertz CT molecular complexity index is 279. The number of ether oxygens (including phenoxy) is 1. The highest BCUT2D eigenvalue weighted by Gasteiger charge is 2.49. The van der Waals surface area contributed by atoms with Crippen molar-refractivity contribution in [3.63, 3.8) is 0 Å². The highest BCUT2D eigenvalue weighted by atomic mass is 16.5. The molecular weight excluding hydrogens is 204 g/mol. The van der Waals surface area contributed by atoms with Crippen molar-refractivity contribution in [3.8, 4) is 0 Å². The minimum Gasteiger partial charge on any atom is -0.481 e. The van der Waals surface area contributed by atoms with Gasteiger partial charge in [0, 0.05) is 0 Å². The van der Waals surface area contributed by atoms with Gasteiger partial charge in [-0.2, -0.15) is 0 Å². The van der Waals surface area contributed by atoms with E-state index in [0.717, 1.165) is 6.42 Å². The summed E-state index contributed by atoms with van der Waals surface area (Å²) in [5.41, 5.74) is 0. The fourth-order valence-electron chi connectivity index (χ4n) is 3.48. The molecule has 0 aromatic heterocycles. The molecule has 2 aliphatic carbocycles. The lowest BCUT2D eigenvalue weighted by Gasteiger charge is -2.18. The summed E-state index contributed by atoms with van der Waals surface area (Å²) in [6.45, 7) is 0. The van der Waals surface area contributed by atoms with E-state index >= 15 is 0 Å². The van der Waals surface area contributed by atoms with Crippen LogP contribution in [0.5, 0.6) is 0 Å². The summed E-state index contributed by atoms with van der Waals surface area (Å²) >= 11 is 0. The van der Waals surface area contributed by atoms with Crippen molar-refractivity contribution in [2.45, 2.75) is 57.2 Å². The van der Waals surface area contributed by atoms with Gasteiger partial charge in [0.05, 0.1) is 18.1 Å². The molecule has 0 spiro atoms. The molecule has 16 heavy (non-hydrogen) atoms. The van der Waals surface area contributed by atoms with Gasteiger partial charge in [0.2, 0.25) is 0 Å². The Labute approximate surface area is 96.2 Å². The maximum atomic E-state index is 11.2. The highest BCUT2D eigenvalue weighted by Crippen LogP contribution is 2.46. The molecule has 3 unspecified atom stereocenters. The number of hydrogen-bond donors (Lipinski definition) is 1. The van der Waals surface area contributed by atoms with Gasteiger partial charge in [0.25, 0.3) is 0 Å². The van der Waals surface area contributed by atoms with Crippen molar-refractivity contribution in [1.82, 2.24) is 0 Å². The predicted molar refractivity (Wildman–Crippen MR) is 59.1 cm³/mol. The Morgan fingerprint density at radius 3 is 2.31 bits per heavy atom. The van der Waals surface area contributed by atoms with E-state index in [0.29, 0.717) is 11.8 Å². The summed E-state index contributed by atoms with van der Waals surface area (Å²) in [5, 5.41) is 9.24. The first kappa shape index (κ1) is 10.6. The van der Waals surface area contributed by atoms with E-state index < -0.39 is 5.97 Å². The second-order valence-corrected chi connectivity index (χ2v) is 5.70. The van der Waals surface area contributed by atoms with Gasteiger partial charge in [-0.05, 0) is 43.9 Å². The lowest BCUT2D eigenvalue weighted by Crippen LogP contribution is -2.25. The molecule has 3 fully saturated rings. The predicted octanol–water partition coefficient (Wildman–Crippen LogP) is 2.44. The Hall–Kier alpha value is -0.570. The molecule has 1 N–H and O–H groups in total. The van der Waals surface area contributed by atoms with Crippen LogP contribution in [0, 0.1) is 17.8 Å². The van der Waals surface area contributed by atoms with E-state index in [1.54, 1.807) is 0 Å². The second kappa shape index (κ2) is 4.02. The van der Waals surface area contributed by atoms with Crippen molar-refractivity contribution >= 4 is 5.97 Å². The van der Waals surface area contributed by atoms with Crippen LogP contribution in [0.4, 0.5) is 0 Å². The van der Waals surface area contributed by atoms with E-state index in [-0.39, 0.29) is 18.1 Å². The Kier molecular flexibility index (Phi) is 2.66. The van der Waals surface area contributed by atoms with Crippen LogP contribution in [0.2, 0.25) is 0 Å². The van der Waals surface area contributed by atoms with Crippen LogP contribution >= 0.6 is 0 Å². The maximum Gasteiger partial charge on any atom is 0.309 e. The van der Waals surface area contributed by atoms with Crippen molar-refractivity contribution in [1.29, 1.82) is 0 Å². The summed E-state index contributed by atoms with van der Waals surface area (Å²) in [5.74, 6) is 0.327. The van der Waals surface area contributed by atoms with Gasteiger partial charge in [-0.15, -0.1) is 0 Å². The molecule has 1 aliphatic heterocycles. The largest absolute Gasteiger partial charge is 0.481 e. The minimum absolute atomic E-state index is 0.0306. The number of hydrogen-bond acceptors (Lipinski definition) is 2. The van der Waals surface area contributed by atoms with Gasteiger partial charge in [-0.25, -0.2) is 0 Å². The first-order chi connectivity index (χ1) is 7.75. The van der Waals surface area contributed by atoms with E-state index in [9.17, 15) is 9.90 Å². The number of rotatable bonds is 3. The van der Waals surface area contributed by atoms with Gasteiger partial charge >= 0.3 is 5.97 Å². The van der Waals surface area contributed by atoms with E-state index in [4.69, 9.17) is 4.74 Å². The molecule has 1 saturated heterocycles. The van der Waals surface area contributed by atoms with Crippen molar-refractivity contribution in [2.75, 3.05) is 0 Å². The van der Waals surface area contributed by atoms with Crippen LogP contribution < -0.4 is 0 Å². The molecule has 3 aliphatic rings. The Balaban J connectivity index is 1.68. The summed E-state index contributed by atoms with van der Waals surface area (Å²) in [6, 6.07) is 0.